The van der Waals surface area contributed by atoms with Crippen molar-refractivity contribution in [2.45, 2.75) is 57.3 Å². The van der Waals surface area contributed by atoms with Crippen molar-refractivity contribution < 1.29 is 33.6 Å². The summed E-state index contributed by atoms with van der Waals surface area (Å²) in [6.07, 6.45) is 3.48. The maximum Gasteiger partial charge on any atom is 0.308 e. The Kier molecular flexibility index (Phi) is 9.41. The normalized spacial score (nSPS) is 23.9. The van der Waals surface area contributed by atoms with Gasteiger partial charge >= 0.3 is 5.97 Å². The van der Waals surface area contributed by atoms with Crippen LogP contribution in [-0.4, -0.2) is 91.8 Å². The zero-order valence-corrected chi connectivity index (χ0v) is 21.1. The van der Waals surface area contributed by atoms with Crippen molar-refractivity contribution in [1.29, 1.82) is 0 Å². The zero-order chi connectivity index (χ0) is 25.5. The molecule has 2 fully saturated rings. The van der Waals surface area contributed by atoms with Gasteiger partial charge in [-0.2, -0.15) is 0 Å². The summed E-state index contributed by atoms with van der Waals surface area (Å²) in [5, 5.41) is 10.3. The highest BCUT2D eigenvalue weighted by atomic mass is 16.7. The third-order valence-electron chi connectivity index (χ3n) is 7.35. The molecule has 36 heavy (non-hydrogen) atoms. The van der Waals surface area contributed by atoms with Gasteiger partial charge in [-0.1, -0.05) is 19.4 Å². The Labute approximate surface area is 212 Å². The van der Waals surface area contributed by atoms with Gasteiger partial charge in [0.15, 0.2) is 17.8 Å². The monoisotopic (exact) mass is 505 g/mol. The summed E-state index contributed by atoms with van der Waals surface area (Å²) in [5.41, 5.74) is 6.59. The lowest BCUT2D eigenvalue weighted by Crippen LogP contribution is -2.45. The standard InChI is InChI=1S/C26H39N3O7/c1-2-3-10-28(11-4-9-27)23(30)16-29-15-19(18-5-7-21-22(14-18)36-17-35-21)25(26(31)32)20(29)6-8-24-33-12-13-34-24/h5,7,14,19-20,24-25H,2-4,6,8-13,15-17,27H2,1H3,(H,31,32)/t19-,20+,25?/m1/s1. The highest BCUT2D eigenvalue weighted by molar-refractivity contribution is 5.79. The molecule has 3 heterocycles. The molecule has 0 aliphatic carbocycles. The van der Waals surface area contributed by atoms with Crippen LogP contribution >= 0.6 is 0 Å². The number of ether oxygens (including phenoxy) is 4. The van der Waals surface area contributed by atoms with Crippen LogP contribution in [0.15, 0.2) is 18.2 Å². The number of benzene rings is 1. The van der Waals surface area contributed by atoms with Crippen molar-refractivity contribution in [1.82, 2.24) is 9.80 Å². The van der Waals surface area contributed by atoms with Gasteiger partial charge in [-0.3, -0.25) is 14.5 Å². The molecule has 0 saturated carbocycles. The molecule has 200 valence electrons. The van der Waals surface area contributed by atoms with Crippen molar-refractivity contribution in [3.05, 3.63) is 23.8 Å². The SMILES string of the molecule is CCCCN(CCCN)C(=O)CN1C[C@H](c2ccc3c(c2)OCO3)C(C(=O)O)[C@@H]1CCC1OCCO1. The minimum absolute atomic E-state index is 0.0192. The predicted octanol–water partition coefficient (Wildman–Crippen LogP) is 2.01. The van der Waals surface area contributed by atoms with E-state index in [4.69, 9.17) is 24.7 Å². The summed E-state index contributed by atoms with van der Waals surface area (Å²) in [7, 11) is 0. The number of fused-ring (bicyclic) bond motifs is 1. The van der Waals surface area contributed by atoms with Crippen molar-refractivity contribution in [3.63, 3.8) is 0 Å². The van der Waals surface area contributed by atoms with Gasteiger partial charge in [0.25, 0.3) is 0 Å². The Morgan fingerprint density at radius 2 is 1.86 bits per heavy atom. The molecule has 0 spiro atoms. The summed E-state index contributed by atoms with van der Waals surface area (Å²) in [6, 6.07) is 5.30. The lowest BCUT2D eigenvalue weighted by molar-refractivity contribution is -0.144. The number of aliphatic carboxylic acids is 1. The van der Waals surface area contributed by atoms with E-state index >= 15 is 0 Å². The number of carboxylic acids is 1. The molecule has 3 aliphatic heterocycles. The number of amides is 1. The van der Waals surface area contributed by atoms with Crippen LogP contribution in [0.3, 0.4) is 0 Å². The predicted molar refractivity (Wildman–Crippen MR) is 132 cm³/mol. The van der Waals surface area contributed by atoms with Crippen LogP contribution in [0.25, 0.3) is 0 Å². The van der Waals surface area contributed by atoms with E-state index < -0.39 is 11.9 Å². The largest absolute Gasteiger partial charge is 0.481 e. The van der Waals surface area contributed by atoms with Crippen molar-refractivity contribution in [3.8, 4) is 11.5 Å². The molecule has 1 unspecified atom stereocenters. The van der Waals surface area contributed by atoms with E-state index in [1.165, 1.54) is 0 Å². The fraction of sp³-hybridized carbons (Fsp3) is 0.692. The number of hydrogen-bond acceptors (Lipinski definition) is 8. The Hall–Kier alpha value is -2.40. The minimum Gasteiger partial charge on any atom is -0.481 e. The fourth-order valence-electron chi connectivity index (χ4n) is 5.48. The second-order valence-electron chi connectivity index (χ2n) is 9.71. The number of likely N-dealkylation sites (tertiary alicyclic amines) is 1. The lowest BCUT2D eigenvalue weighted by atomic mass is 9.83. The fourth-order valence-corrected chi connectivity index (χ4v) is 5.48. The molecule has 10 nitrogen and oxygen atoms in total. The van der Waals surface area contributed by atoms with E-state index in [0.29, 0.717) is 63.7 Å². The van der Waals surface area contributed by atoms with Gasteiger partial charge in [0.2, 0.25) is 12.7 Å². The molecule has 1 aromatic carbocycles. The summed E-state index contributed by atoms with van der Waals surface area (Å²) in [6.45, 7) is 5.83. The van der Waals surface area contributed by atoms with E-state index in [-0.39, 0.29) is 37.5 Å². The number of carbonyl (C=O) groups excluding carboxylic acids is 1. The third-order valence-corrected chi connectivity index (χ3v) is 7.35. The zero-order valence-electron chi connectivity index (χ0n) is 21.1. The molecule has 10 heteroatoms. The van der Waals surface area contributed by atoms with E-state index in [9.17, 15) is 14.7 Å². The molecule has 0 aromatic heterocycles. The number of carbonyl (C=O) groups is 2. The lowest BCUT2D eigenvalue weighted by Gasteiger charge is -2.30. The van der Waals surface area contributed by atoms with E-state index in [0.717, 1.165) is 24.8 Å². The maximum absolute atomic E-state index is 13.4. The van der Waals surface area contributed by atoms with Crippen molar-refractivity contribution in [2.24, 2.45) is 11.7 Å². The first kappa shape index (κ1) is 26.7. The molecule has 3 N–H and O–H groups in total. The highest BCUT2D eigenvalue weighted by Gasteiger charge is 2.47. The van der Waals surface area contributed by atoms with Crippen LogP contribution in [0.5, 0.6) is 11.5 Å². The Balaban J connectivity index is 1.55. The van der Waals surface area contributed by atoms with E-state index in [1.54, 1.807) is 0 Å². The van der Waals surface area contributed by atoms with Gasteiger partial charge in [-0.15, -0.1) is 0 Å². The van der Waals surface area contributed by atoms with Crippen LogP contribution in [0, 0.1) is 5.92 Å². The van der Waals surface area contributed by atoms with Gasteiger partial charge < -0.3 is 34.7 Å². The number of nitrogens with two attached hydrogens (primary N) is 1. The van der Waals surface area contributed by atoms with E-state index in [2.05, 4.69) is 6.92 Å². The molecular weight excluding hydrogens is 466 g/mol. The van der Waals surface area contributed by atoms with Crippen LogP contribution < -0.4 is 15.2 Å². The second-order valence-corrected chi connectivity index (χ2v) is 9.71. The average Bonchev–Trinajstić information content (AvgIpc) is 3.62. The van der Waals surface area contributed by atoms with E-state index in [1.807, 2.05) is 28.0 Å². The van der Waals surface area contributed by atoms with Crippen LogP contribution in [-0.2, 0) is 19.1 Å². The van der Waals surface area contributed by atoms with Gasteiger partial charge in [0.05, 0.1) is 25.7 Å². The van der Waals surface area contributed by atoms with Gasteiger partial charge in [-0.05, 0) is 49.9 Å². The number of hydrogen-bond donors (Lipinski definition) is 2. The summed E-state index contributed by atoms with van der Waals surface area (Å²) in [5.74, 6) is -0.513. The first-order valence-corrected chi connectivity index (χ1v) is 13.1. The van der Waals surface area contributed by atoms with Crippen LogP contribution in [0.2, 0.25) is 0 Å². The third kappa shape index (κ3) is 6.29. The summed E-state index contributed by atoms with van der Waals surface area (Å²) < 4.78 is 22.2. The summed E-state index contributed by atoms with van der Waals surface area (Å²) >= 11 is 0. The first-order valence-electron chi connectivity index (χ1n) is 13.1. The van der Waals surface area contributed by atoms with Crippen molar-refractivity contribution in [2.75, 3.05) is 52.7 Å². The molecule has 3 atom stereocenters. The molecule has 2 saturated heterocycles. The molecular formula is C26H39N3O7. The highest BCUT2D eigenvalue weighted by Crippen LogP contribution is 2.43. The van der Waals surface area contributed by atoms with Gasteiger partial charge in [-0.25, -0.2) is 0 Å². The van der Waals surface area contributed by atoms with Gasteiger partial charge in [0, 0.05) is 31.6 Å². The van der Waals surface area contributed by atoms with Crippen molar-refractivity contribution >= 4 is 11.9 Å². The van der Waals surface area contributed by atoms with Crippen LogP contribution in [0.1, 0.15) is 50.5 Å². The van der Waals surface area contributed by atoms with Crippen LogP contribution in [0.4, 0.5) is 0 Å². The van der Waals surface area contributed by atoms with Gasteiger partial charge in [0.1, 0.15) is 0 Å². The topological polar surface area (TPSA) is 124 Å². The Morgan fingerprint density at radius 1 is 1.11 bits per heavy atom. The molecule has 3 aliphatic rings. The molecule has 0 bridgehead atoms. The number of unbranched alkanes of at least 4 members (excludes halogenated alkanes) is 1. The average molecular weight is 506 g/mol. The molecule has 1 amide bonds. The number of carboxylic acid groups (broad SMARTS) is 1. The smallest absolute Gasteiger partial charge is 0.308 e. The quantitative estimate of drug-likeness (QED) is 0.414. The Bertz CT molecular complexity index is 884. The second kappa shape index (κ2) is 12.7. The Morgan fingerprint density at radius 3 is 2.58 bits per heavy atom. The summed E-state index contributed by atoms with van der Waals surface area (Å²) in [4.78, 5) is 29.9. The number of rotatable bonds is 13. The minimum atomic E-state index is -0.864. The molecule has 0 radical (unpaired) electrons. The number of nitrogens with zero attached hydrogens (tertiary/aromatic N) is 2. The molecule has 4 rings (SSSR count). The molecule has 1 aromatic rings. The first-order chi connectivity index (χ1) is 17.5. The maximum atomic E-state index is 13.4.